The van der Waals surface area contributed by atoms with E-state index in [0.717, 1.165) is 6.92 Å². The maximum absolute atomic E-state index is 13.3. The molecule has 0 radical (unpaired) electrons. The molecule has 0 amide bonds. The molecular weight excluding hydrogens is 214 g/mol. The molecule has 0 saturated heterocycles. The van der Waals surface area contributed by atoms with Crippen LogP contribution in [0.4, 0.5) is 8.78 Å². The van der Waals surface area contributed by atoms with Crippen molar-refractivity contribution in [1.29, 1.82) is 0 Å². The number of rotatable bonds is 4. The summed E-state index contributed by atoms with van der Waals surface area (Å²) in [5.41, 5.74) is 0.322. The Bertz CT molecular complexity index is 408. The third-order valence-corrected chi connectivity index (χ3v) is 2.21. The van der Waals surface area contributed by atoms with Gasteiger partial charge >= 0.3 is 5.92 Å². The van der Waals surface area contributed by atoms with Crippen LogP contribution in [0.25, 0.3) is 0 Å². The number of halogens is 2. The fourth-order valence-electron chi connectivity index (χ4n) is 1.32. The van der Waals surface area contributed by atoms with E-state index in [9.17, 15) is 18.4 Å². The first kappa shape index (κ1) is 12.5. The van der Waals surface area contributed by atoms with Gasteiger partial charge in [0.05, 0.1) is 0 Å². The van der Waals surface area contributed by atoms with Crippen LogP contribution in [0.1, 0.15) is 25.0 Å². The number of hydrogen-bond donors (Lipinski definition) is 0. The summed E-state index contributed by atoms with van der Waals surface area (Å²) in [5.74, 6) is -4.67. The van der Waals surface area contributed by atoms with Crippen molar-refractivity contribution in [2.75, 3.05) is 0 Å². The minimum Gasteiger partial charge on any atom is -0.300 e. The normalized spacial score (nSPS) is 11.2. The highest BCUT2D eigenvalue weighted by atomic mass is 19.3. The van der Waals surface area contributed by atoms with Crippen molar-refractivity contribution < 1.29 is 18.4 Å². The second-order valence-electron chi connectivity index (χ2n) is 3.71. The monoisotopic (exact) mass is 226 g/mol. The Morgan fingerprint density at radius 3 is 2.00 bits per heavy atom. The number of hydrogen-bond acceptors (Lipinski definition) is 2. The molecule has 4 heteroatoms. The molecule has 0 aliphatic carbocycles. The van der Waals surface area contributed by atoms with Crippen molar-refractivity contribution in [1.82, 2.24) is 0 Å². The van der Waals surface area contributed by atoms with Gasteiger partial charge in [0.1, 0.15) is 5.78 Å². The second-order valence-corrected chi connectivity index (χ2v) is 3.71. The standard InChI is InChI=1S/C12H12F2O2/c1-8(15)7-10-3-5-11(6-4-10)12(13,14)9(2)16/h3-6H,7H2,1-2H3. The van der Waals surface area contributed by atoms with Crippen LogP contribution in [0, 0.1) is 0 Å². The topological polar surface area (TPSA) is 34.1 Å². The van der Waals surface area contributed by atoms with Crippen molar-refractivity contribution in [3.63, 3.8) is 0 Å². The minimum absolute atomic E-state index is 0.0360. The van der Waals surface area contributed by atoms with E-state index >= 15 is 0 Å². The molecule has 2 nitrogen and oxygen atoms in total. The van der Waals surface area contributed by atoms with Crippen molar-refractivity contribution >= 4 is 11.6 Å². The number of ketones is 2. The maximum atomic E-state index is 13.3. The van der Waals surface area contributed by atoms with Crippen LogP contribution in [0.3, 0.4) is 0 Å². The summed E-state index contributed by atoms with van der Waals surface area (Å²) >= 11 is 0. The van der Waals surface area contributed by atoms with E-state index in [1.54, 1.807) is 0 Å². The molecule has 0 aromatic heterocycles. The fraction of sp³-hybridized carbons (Fsp3) is 0.333. The van der Waals surface area contributed by atoms with Crippen LogP contribution in [-0.4, -0.2) is 11.6 Å². The van der Waals surface area contributed by atoms with Gasteiger partial charge in [-0.05, 0) is 12.5 Å². The Hall–Kier alpha value is -1.58. The van der Waals surface area contributed by atoms with Crippen molar-refractivity contribution in [3.05, 3.63) is 35.4 Å². The molecule has 0 spiro atoms. The van der Waals surface area contributed by atoms with Crippen LogP contribution < -0.4 is 0 Å². The molecule has 1 aromatic rings. The second kappa shape index (κ2) is 4.51. The van der Waals surface area contributed by atoms with Gasteiger partial charge in [0.15, 0.2) is 0 Å². The molecule has 1 rings (SSSR count). The lowest BCUT2D eigenvalue weighted by Gasteiger charge is -2.13. The van der Waals surface area contributed by atoms with Crippen LogP contribution >= 0.6 is 0 Å². The highest BCUT2D eigenvalue weighted by molar-refractivity contribution is 5.84. The molecule has 1 aromatic carbocycles. The molecule has 0 bridgehead atoms. The lowest BCUT2D eigenvalue weighted by Crippen LogP contribution is -2.22. The van der Waals surface area contributed by atoms with Gasteiger partial charge in [0, 0.05) is 18.9 Å². The summed E-state index contributed by atoms with van der Waals surface area (Å²) in [4.78, 5) is 21.5. The maximum Gasteiger partial charge on any atom is 0.330 e. The molecule has 86 valence electrons. The largest absolute Gasteiger partial charge is 0.330 e. The van der Waals surface area contributed by atoms with Gasteiger partial charge in [-0.3, -0.25) is 9.59 Å². The van der Waals surface area contributed by atoms with Gasteiger partial charge in [-0.15, -0.1) is 0 Å². The van der Waals surface area contributed by atoms with Crippen LogP contribution in [0.15, 0.2) is 24.3 Å². The molecule has 0 unspecified atom stereocenters. The van der Waals surface area contributed by atoms with E-state index in [4.69, 9.17) is 0 Å². The molecule has 0 N–H and O–H groups in total. The molecule has 16 heavy (non-hydrogen) atoms. The lowest BCUT2D eigenvalue weighted by molar-refractivity contribution is -0.141. The zero-order valence-corrected chi connectivity index (χ0v) is 9.09. The van der Waals surface area contributed by atoms with Gasteiger partial charge in [0.2, 0.25) is 5.78 Å². The van der Waals surface area contributed by atoms with Crippen LogP contribution in [0.2, 0.25) is 0 Å². The summed E-state index contributed by atoms with van der Waals surface area (Å²) in [6, 6.07) is 5.24. The summed E-state index contributed by atoms with van der Waals surface area (Å²) in [6.45, 7) is 2.28. The molecule has 0 saturated carbocycles. The first-order chi connectivity index (χ1) is 7.34. The van der Waals surface area contributed by atoms with Crippen LogP contribution in [0.5, 0.6) is 0 Å². The average molecular weight is 226 g/mol. The number of Topliss-reactive ketones (excluding diaryl/α,β-unsaturated/α-hetero) is 2. The Morgan fingerprint density at radius 2 is 1.62 bits per heavy atom. The number of alkyl halides is 2. The predicted molar refractivity (Wildman–Crippen MR) is 55.4 cm³/mol. The van der Waals surface area contributed by atoms with E-state index in [0.29, 0.717) is 5.56 Å². The molecule has 0 aliphatic heterocycles. The zero-order chi connectivity index (χ0) is 12.3. The number of benzene rings is 1. The summed E-state index contributed by atoms with van der Waals surface area (Å²) < 4.78 is 26.5. The Kier molecular flexibility index (Phi) is 3.52. The minimum atomic E-state index is -3.45. The van der Waals surface area contributed by atoms with E-state index in [2.05, 4.69) is 0 Å². The molecule has 0 aliphatic rings. The zero-order valence-electron chi connectivity index (χ0n) is 9.09. The SMILES string of the molecule is CC(=O)Cc1ccc(C(F)(F)C(C)=O)cc1. The molecule has 0 atom stereocenters. The van der Waals surface area contributed by atoms with Gasteiger partial charge in [-0.1, -0.05) is 24.3 Å². The number of carbonyl (C=O) groups excluding carboxylic acids is 2. The highest BCUT2D eigenvalue weighted by Gasteiger charge is 2.36. The van der Waals surface area contributed by atoms with Gasteiger partial charge in [0.25, 0.3) is 0 Å². The lowest BCUT2D eigenvalue weighted by atomic mass is 10.0. The van der Waals surface area contributed by atoms with E-state index in [-0.39, 0.29) is 17.8 Å². The fourth-order valence-corrected chi connectivity index (χ4v) is 1.32. The van der Waals surface area contributed by atoms with Gasteiger partial charge < -0.3 is 0 Å². The Labute approximate surface area is 92.3 Å². The van der Waals surface area contributed by atoms with E-state index in [1.165, 1.54) is 31.2 Å². The van der Waals surface area contributed by atoms with Gasteiger partial charge in [-0.2, -0.15) is 8.78 Å². The average Bonchev–Trinajstić information content (AvgIpc) is 2.17. The van der Waals surface area contributed by atoms with Crippen molar-refractivity contribution in [2.24, 2.45) is 0 Å². The van der Waals surface area contributed by atoms with Crippen LogP contribution in [-0.2, 0) is 21.9 Å². The number of carbonyl (C=O) groups is 2. The van der Waals surface area contributed by atoms with Crippen molar-refractivity contribution in [3.8, 4) is 0 Å². The third-order valence-electron chi connectivity index (χ3n) is 2.21. The highest BCUT2D eigenvalue weighted by Crippen LogP contribution is 2.28. The Balaban J connectivity index is 2.95. The van der Waals surface area contributed by atoms with Gasteiger partial charge in [-0.25, -0.2) is 0 Å². The van der Waals surface area contributed by atoms with E-state index in [1.807, 2.05) is 0 Å². The smallest absolute Gasteiger partial charge is 0.300 e. The third kappa shape index (κ3) is 2.72. The quantitative estimate of drug-likeness (QED) is 0.790. The first-order valence-electron chi connectivity index (χ1n) is 4.81. The first-order valence-corrected chi connectivity index (χ1v) is 4.81. The summed E-state index contributed by atoms with van der Waals surface area (Å²) in [7, 11) is 0. The van der Waals surface area contributed by atoms with Crippen molar-refractivity contribution in [2.45, 2.75) is 26.2 Å². The summed E-state index contributed by atoms with van der Waals surface area (Å²) in [5, 5.41) is 0. The Morgan fingerprint density at radius 1 is 1.12 bits per heavy atom. The molecule has 0 heterocycles. The molecular formula is C12H12F2O2. The molecule has 0 fully saturated rings. The summed E-state index contributed by atoms with van der Waals surface area (Å²) in [6.07, 6.45) is 0.214. The van der Waals surface area contributed by atoms with E-state index < -0.39 is 11.7 Å². The predicted octanol–water partition coefficient (Wildman–Crippen LogP) is 2.50.